The molecule has 1 fully saturated rings. The smallest absolute Gasteiger partial charge is 0.255 e. The van der Waals surface area contributed by atoms with E-state index < -0.39 is 5.82 Å². The molecule has 4 aromatic rings. The van der Waals surface area contributed by atoms with Crippen LogP contribution in [-0.4, -0.2) is 61.5 Å². The van der Waals surface area contributed by atoms with Crippen LogP contribution in [0.2, 0.25) is 0 Å². The van der Waals surface area contributed by atoms with Gasteiger partial charge in [0.25, 0.3) is 5.91 Å². The normalized spacial score (nSPS) is 14.1. The largest absolute Gasteiger partial charge is 0.336 e. The van der Waals surface area contributed by atoms with Gasteiger partial charge < -0.3 is 20.1 Å². The molecule has 0 bridgehead atoms. The highest BCUT2D eigenvalue weighted by Gasteiger charge is 2.20. The van der Waals surface area contributed by atoms with E-state index in [4.69, 9.17) is 0 Å². The molecule has 5 rings (SSSR count). The Morgan fingerprint density at radius 2 is 1.94 bits per heavy atom. The van der Waals surface area contributed by atoms with Crippen molar-refractivity contribution in [1.29, 1.82) is 0 Å². The van der Waals surface area contributed by atoms with Crippen LogP contribution in [0.3, 0.4) is 0 Å². The summed E-state index contributed by atoms with van der Waals surface area (Å²) in [5.74, 6) is 0.0956. The maximum atomic E-state index is 14.8. The molecule has 5 heterocycles. The van der Waals surface area contributed by atoms with E-state index in [1.165, 1.54) is 6.20 Å². The first-order valence-electron chi connectivity index (χ1n) is 11.2. The Hall–Kier alpha value is -3.92. The van der Waals surface area contributed by atoms with Gasteiger partial charge in [-0.2, -0.15) is 0 Å². The SMILES string of the molecule is CC(C)n1cc(-c2nc(Nc3ccc(C(=O)N4CCNCC4)cn3)ncc2F)c2cccnc21. The molecule has 0 aromatic carbocycles. The summed E-state index contributed by atoms with van der Waals surface area (Å²) in [7, 11) is 0. The molecular formula is C24H25FN8O. The number of aromatic nitrogens is 5. The number of rotatable bonds is 5. The molecule has 0 unspecified atom stereocenters. The van der Waals surface area contributed by atoms with Crippen LogP contribution in [0, 0.1) is 5.82 Å². The lowest BCUT2D eigenvalue weighted by Crippen LogP contribution is -2.46. The van der Waals surface area contributed by atoms with Crippen molar-refractivity contribution in [2.75, 3.05) is 31.5 Å². The van der Waals surface area contributed by atoms with Crippen molar-refractivity contribution in [1.82, 2.24) is 34.7 Å². The summed E-state index contributed by atoms with van der Waals surface area (Å²) < 4.78 is 16.8. The molecule has 1 aliphatic rings. The first-order chi connectivity index (χ1) is 16.5. The van der Waals surface area contributed by atoms with Gasteiger partial charge in [0.1, 0.15) is 17.2 Å². The molecule has 1 saturated heterocycles. The number of anilines is 2. The monoisotopic (exact) mass is 460 g/mol. The second-order valence-corrected chi connectivity index (χ2v) is 8.41. The van der Waals surface area contributed by atoms with Gasteiger partial charge in [-0.3, -0.25) is 4.79 Å². The third-order valence-corrected chi connectivity index (χ3v) is 5.80. The van der Waals surface area contributed by atoms with Crippen LogP contribution < -0.4 is 10.6 Å². The Morgan fingerprint density at radius 1 is 1.12 bits per heavy atom. The van der Waals surface area contributed by atoms with Crippen molar-refractivity contribution in [2.45, 2.75) is 19.9 Å². The topological polar surface area (TPSA) is 101 Å². The molecule has 0 atom stereocenters. The molecule has 0 saturated carbocycles. The fourth-order valence-electron chi connectivity index (χ4n) is 4.04. The zero-order chi connectivity index (χ0) is 23.7. The van der Waals surface area contributed by atoms with Gasteiger partial charge in [0, 0.05) is 61.8 Å². The lowest BCUT2D eigenvalue weighted by Gasteiger charge is -2.27. The Bertz CT molecular complexity index is 1330. The number of pyridine rings is 2. The van der Waals surface area contributed by atoms with Gasteiger partial charge in [-0.05, 0) is 38.1 Å². The molecular weight excluding hydrogens is 435 g/mol. The number of halogens is 1. The van der Waals surface area contributed by atoms with Crippen LogP contribution in [0.5, 0.6) is 0 Å². The van der Waals surface area contributed by atoms with E-state index in [1.807, 2.05) is 36.7 Å². The van der Waals surface area contributed by atoms with Crippen molar-refractivity contribution in [3.8, 4) is 11.3 Å². The molecule has 0 radical (unpaired) electrons. The second-order valence-electron chi connectivity index (χ2n) is 8.41. The summed E-state index contributed by atoms with van der Waals surface area (Å²) in [5.41, 5.74) is 2.11. The minimum absolute atomic E-state index is 0.0454. The molecule has 2 N–H and O–H groups in total. The van der Waals surface area contributed by atoms with Crippen molar-refractivity contribution in [2.24, 2.45) is 0 Å². The van der Waals surface area contributed by atoms with E-state index in [2.05, 4.69) is 30.6 Å². The number of nitrogens with zero attached hydrogens (tertiary/aromatic N) is 6. The predicted octanol–water partition coefficient (Wildman–Crippen LogP) is 3.40. The summed E-state index contributed by atoms with van der Waals surface area (Å²) >= 11 is 0. The minimum atomic E-state index is -0.526. The Labute approximate surface area is 196 Å². The number of fused-ring (bicyclic) bond motifs is 1. The van der Waals surface area contributed by atoms with Gasteiger partial charge in [-0.15, -0.1) is 0 Å². The van der Waals surface area contributed by atoms with E-state index in [-0.39, 0.29) is 23.6 Å². The van der Waals surface area contributed by atoms with Crippen molar-refractivity contribution in [3.63, 3.8) is 0 Å². The number of hydrogen-bond acceptors (Lipinski definition) is 7. The third kappa shape index (κ3) is 4.19. The molecule has 1 aliphatic heterocycles. The predicted molar refractivity (Wildman–Crippen MR) is 127 cm³/mol. The van der Waals surface area contributed by atoms with E-state index >= 15 is 0 Å². The quantitative estimate of drug-likeness (QED) is 0.471. The second kappa shape index (κ2) is 9.14. The maximum absolute atomic E-state index is 14.8. The highest BCUT2D eigenvalue weighted by atomic mass is 19.1. The van der Waals surface area contributed by atoms with Crippen LogP contribution in [-0.2, 0) is 0 Å². The number of piperazine rings is 1. The van der Waals surface area contributed by atoms with Crippen molar-refractivity contribution in [3.05, 3.63) is 60.4 Å². The highest BCUT2D eigenvalue weighted by Crippen LogP contribution is 2.32. The van der Waals surface area contributed by atoms with Gasteiger partial charge in [0.05, 0.1) is 11.8 Å². The summed E-state index contributed by atoms with van der Waals surface area (Å²) in [4.78, 5) is 31.7. The van der Waals surface area contributed by atoms with Crippen LogP contribution in [0.25, 0.3) is 22.3 Å². The molecule has 1 amide bonds. The van der Waals surface area contributed by atoms with Gasteiger partial charge >= 0.3 is 0 Å². The number of amides is 1. The number of carbonyl (C=O) groups is 1. The van der Waals surface area contributed by atoms with Crippen molar-refractivity contribution >= 4 is 28.7 Å². The van der Waals surface area contributed by atoms with E-state index in [0.29, 0.717) is 30.0 Å². The first-order valence-corrected chi connectivity index (χ1v) is 11.2. The highest BCUT2D eigenvalue weighted by molar-refractivity contribution is 5.94. The van der Waals surface area contributed by atoms with Gasteiger partial charge in [-0.25, -0.2) is 24.3 Å². The van der Waals surface area contributed by atoms with Crippen molar-refractivity contribution < 1.29 is 9.18 Å². The van der Waals surface area contributed by atoms with Crippen LogP contribution >= 0.6 is 0 Å². The average molecular weight is 461 g/mol. The maximum Gasteiger partial charge on any atom is 0.255 e. The zero-order valence-electron chi connectivity index (χ0n) is 19.0. The average Bonchev–Trinajstić information content (AvgIpc) is 3.26. The molecule has 0 spiro atoms. The van der Waals surface area contributed by atoms with Crippen LogP contribution in [0.15, 0.2) is 49.1 Å². The van der Waals surface area contributed by atoms with Crippen LogP contribution in [0.4, 0.5) is 16.2 Å². The summed E-state index contributed by atoms with van der Waals surface area (Å²) in [6.45, 7) is 7.01. The van der Waals surface area contributed by atoms with E-state index in [9.17, 15) is 9.18 Å². The number of nitrogens with one attached hydrogen (secondary N) is 2. The van der Waals surface area contributed by atoms with Gasteiger partial charge in [0.15, 0.2) is 5.82 Å². The summed E-state index contributed by atoms with van der Waals surface area (Å²) in [6.07, 6.45) is 6.25. The Balaban J connectivity index is 1.41. The molecule has 4 aromatic heterocycles. The molecule has 0 aliphatic carbocycles. The summed E-state index contributed by atoms with van der Waals surface area (Å²) in [6, 6.07) is 7.28. The number of hydrogen-bond donors (Lipinski definition) is 2. The fraction of sp³-hybridized carbons (Fsp3) is 0.292. The zero-order valence-corrected chi connectivity index (χ0v) is 19.0. The van der Waals surface area contributed by atoms with Crippen LogP contribution in [0.1, 0.15) is 30.2 Å². The Kier molecular flexibility index (Phi) is 5.89. The first kappa shape index (κ1) is 21.9. The lowest BCUT2D eigenvalue weighted by molar-refractivity contribution is 0.0735. The molecule has 174 valence electrons. The molecule has 9 nitrogen and oxygen atoms in total. The van der Waals surface area contributed by atoms with Gasteiger partial charge in [-0.1, -0.05) is 0 Å². The fourth-order valence-corrected chi connectivity index (χ4v) is 4.04. The van der Waals surface area contributed by atoms with E-state index in [0.717, 1.165) is 30.3 Å². The third-order valence-electron chi connectivity index (χ3n) is 5.80. The standard InChI is InChI=1S/C24H25FN8O/c1-15(2)33-14-18(17-4-3-7-27-22(17)33)21-19(25)13-29-24(31-21)30-20-6-5-16(12-28-20)23(34)32-10-8-26-9-11-32/h3-7,12-15,26H,8-11H2,1-2H3,(H,28,29,30,31). The lowest BCUT2D eigenvalue weighted by atomic mass is 10.1. The summed E-state index contributed by atoms with van der Waals surface area (Å²) in [5, 5.41) is 7.05. The molecule has 34 heavy (non-hydrogen) atoms. The minimum Gasteiger partial charge on any atom is -0.336 e. The molecule has 10 heteroatoms. The number of carbonyl (C=O) groups excluding carboxylic acids is 1. The van der Waals surface area contributed by atoms with E-state index in [1.54, 1.807) is 23.2 Å². The van der Waals surface area contributed by atoms with Gasteiger partial charge in [0.2, 0.25) is 5.95 Å². The Morgan fingerprint density at radius 3 is 2.68 bits per heavy atom.